The molecule has 7 heteroatoms. The second-order valence-corrected chi connectivity index (χ2v) is 7.12. The summed E-state index contributed by atoms with van der Waals surface area (Å²) in [5.74, 6) is 0.00235. The van der Waals surface area contributed by atoms with Gasteiger partial charge in [-0.3, -0.25) is 9.52 Å². The monoisotopic (exact) mass is 332 g/mol. The lowest BCUT2D eigenvalue weighted by Crippen LogP contribution is -2.25. The zero-order chi connectivity index (χ0) is 13.3. The van der Waals surface area contributed by atoms with E-state index in [0.717, 1.165) is 17.7 Å². The number of rotatable bonds is 3. The topological polar surface area (TPSA) is 66.5 Å². The number of hydrogen-bond donors (Lipinski definition) is 1. The van der Waals surface area contributed by atoms with Gasteiger partial charge in [-0.25, -0.2) is 8.42 Å². The van der Waals surface area contributed by atoms with Crippen LogP contribution in [-0.2, 0) is 21.2 Å². The Morgan fingerprint density at radius 3 is 2.83 bits per heavy atom. The van der Waals surface area contributed by atoms with Crippen LogP contribution in [0.1, 0.15) is 12.5 Å². The number of carbonyl (C=O) groups excluding carboxylic acids is 1. The van der Waals surface area contributed by atoms with Gasteiger partial charge in [0, 0.05) is 24.8 Å². The molecule has 5 nitrogen and oxygen atoms in total. The lowest BCUT2D eigenvalue weighted by Gasteiger charge is -2.15. The maximum absolute atomic E-state index is 11.4. The van der Waals surface area contributed by atoms with Crippen LogP contribution in [0.2, 0.25) is 0 Å². The Bertz CT molecular complexity index is 586. The van der Waals surface area contributed by atoms with Crippen molar-refractivity contribution in [1.29, 1.82) is 0 Å². The molecule has 1 amide bonds. The molecule has 0 radical (unpaired) electrons. The minimum atomic E-state index is -3.33. The first-order valence-electron chi connectivity index (χ1n) is 5.40. The average molecular weight is 333 g/mol. The van der Waals surface area contributed by atoms with Crippen LogP contribution in [0.3, 0.4) is 0 Å². The largest absolute Gasteiger partial charge is 0.312 e. The van der Waals surface area contributed by atoms with Crippen molar-refractivity contribution in [3.05, 3.63) is 23.8 Å². The van der Waals surface area contributed by atoms with Gasteiger partial charge in [-0.15, -0.1) is 0 Å². The fourth-order valence-electron chi connectivity index (χ4n) is 2.00. The number of sulfonamides is 1. The van der Waals surface area contributed by atoms with Gasteiger partial charge in [0.1, 0.15) is 4.66 Å². The number of nitrogens with zero attached hydrogens (tertiary/aromatic N) is 1. The summed E-state index contributed by atoms with van der Waals surface area (Å²) < 4.78 is 25.2. The number of carbonyl (C=O) groups is 1. The minimum absolute atomic E-state index is 0.00235. The number of benzene rings is 1. The Balaban J connectivity index is 2.28. The molecule has 1 aromatic rings. The Kier molecular flexibility index (Phi) is 3.63. The highest BCUT2D eigenvalue weighted by atomic mass is 79.9. The van der Waals surface area contributed by atoms with E-state index in [0.29, 0.717) is 12.2 Å². The van der Waals surface area contributed by atoms with E-state index in [-0.39, 0.29) is 10.6 Å². The molecule has 0 aromatic heterocycles. The van der Waals surface area contributed by atoms with E-state index in [9.17, 15) is 13.2 Å². The first-order chi connectivity index (χ1) is 8.43. The van der Waals surface area contributed by atoms with E-state index in [2.05, 4.69) is 20.7 Å². The molecule has 1 aromatic carbocycles. The number of hydrogen-bond acceptors (Lipinski definition) is 3. The highest BCUT2D eigenvalue weighted by molar-refractivity contribution is 9.10. The zero-order valence-electron chi connectivity index (χ0n) is 9.81. The highest BCUT2D eigenvalue weighted by Gasteiger charge is 2.22. The summed E-state index contributed by atoms with van der Waals surface area (Å²) in [5, 5.41) is 0. The van der Waals surface area contributed by atoms with E-state index < -0.39 is 10.0 Å². The maximum atomic E-state index is 11.4. The molecule has 1 aliphatic heterocycles. The van der Waals surface area contributed by atoms with Crippen LogP contribution in [0.4, 0.5) is 11.4 Å². The van der Waals surface area contributed by atoms with Crippen LogP contribution in [0.15, 0.2) is 18.2 Å². The summed E-state index contributed by atoms with van der Waals surface area (Å²) >= 11 is 2.92. The summed E-state index contributed by atoms with van der Waals surface area (Å²) in [5.41, 5.74) is 2.38. The van der Waals surface area contributed by atoms with Crippen molar-refractivity contribution >= 4 is 43.2 Å². The van der Waals surface area contributed by atoms with Gasteiger partial charge in [0.15, 0.2) is 0 Å². The van der Waals surface area contributed by atoms with E-state index in [4.69, 9.17) is 0 Å². The number of fused-ring (bicyclic) bond motifs is 1. The highest BCUT2D eigenvalue weighted by Crippen LogP contribution is 2.30. The Morgan fingerprint density at radius 2 is 2.22 bits per heavy atom. The first kappa shape index (κ1) is 13.4. The van der Waals surface area contributed by atoms with E-state index >= 15 is 0 Å². The predicted octanol–water partition coefficient (Wildman–Crippen LogP) is 1.69. The van der Waals surface area contributed by atoms with Crippen molar-refractivity contribution in [3.8, 4) is 0 Å². The molecule has 0 fully saturated rings. The van der Waals surface area contributed by atoms with Crippen molar-refractivity contribution in [2.24, 2.45) is 0 Å². The van der Waals surface area contributed by atoms with E-state index in [1.54, 1.807) is 23.1 Å². The molecule has 0 saturated carbocycles. The van der Waals surface area contributed by atoms with Crippen molar-refractivity contribution in [1.82, 2.24) is 0 Å². The normalized spacial score (nSPS) is 14.4. The summed E-state index contributed by atoms with van der Waals surface area (Å²) in [6.45, 7) is 2.18. The summed E-state index contributed by atoms with van der Waals surface area (Å²) in [4.78, 5) is 13.1. The standard InChI is InChI=1S/C11H13BrN2O3S/c1-8(15)14-5-4-9-6-10(2-3-11(9)14)13-18(16,17)7-12/h2-3,6,13H,4-5,7H2,1H3. The molecule has 0 aliphatic carbocycles. The van der Waals surface area contributed by atoms with Crippen LogP contribution in [0, 0.1) is 0 Å². The summed E-state index contributed by atoms with van der Waals surface area (Å²) in [7, 11) is -3.33. The van der Waals surface area contributed by atoms with Gasteiger partial charge in [-0.2, -0.15) is 0 Å². The number of anilines is 2. The number of alkyl halides is 1. The van der Waals surface area contributed by atoms with Crippen molar-refractivity contribution in [2.45, 2.75) is 13.3 Å². The number of halogens is 1. The Labute approximate surface area is 114 Å². The molecule has 98 valence electrons. The average Bonchev–Trinajstić information content (AvgIpc) is 2.71. The van der Waals surface area contributed by atoms with Gasteiger partial charge in [0.05, 0.1) is 0 Å². The van der Waals surface area contributed by atoms with Crippen LogP contribution < -0.4 is 9.62 Å². The van der Waals surface area contributed by atoms with Crippen molar-refractivity contribution < 1.29 is 13.2 Å². The molecule has 0 saturated heterocycles. The fraction of sp³-hybridized carbons (Fsp3) is 0.364. The molecule has 1 heterocycles. The molecule has 0 bridgehead atoms. The third-order valence-electron chi connectivity index (χ3n) is 2.77. The van der Waals surface area contributed by atoms with Crippen LogP contribution in [-0.4, -0.2) is 25.5 Å². The second-order valence-electron chi connectivity index (χ2n) is 4.09. The second kappa shape index (κ2) is 4.89. The fourth-order valence-corrected chi connectivity index (χ4v) is 2.88. The zero-order valence-corrected chi connectivity index (χ0v) is 12.2. The Hall–Kier alpha value is -1.08. The first-order valence-corrected chi connectivity index (χ1v) is 8.18. The molecule has 1 N–H and O–H groups in total. The van der Waals surface area contributed by atoms with Crippen LogP contribution >= 0.6 is 15.9 Å². The van der Waals surface area contributed by atoms with Gasteiger partial charge in [0.25, 0.3) is 0 Å². The number of amides is 1. The molecule has 2 rings (SSSR count). The summed E-state index contributed by atoms with van der Waals surface area (Å²) in [6.07, 6.45) is 0.749. The Morgan fingerprint density at radius 1 is 1.50 bits per heavy atom. The quantitative estimate of drug-likeness (QED) is 0.856. The molecule has 18 heavy (non-hydrogen) atoms. The SMILES string of the molecule is CC(=O)N1CCc2cc(NS(=O)(=O)CBr)ccc21. The van der Waals surface area contributed by atoms with Gasteiger partial charge < -0.3 is 4.90 Å². The van der Waals surface area contributed by atoms with Gasteiger partial charge >= 0.3 is 0 Å². The van der Waals surface area contributed by atoms with Crippen LogP contribution in [0.5, 0.6) is 0 Å². The van der Waals surface area contributed by atoms with Crippen molar-refractivity contribution in [3.63, 3.8) is 0 Å². The molecule has 0 spiro atoms. The molecular weight excluding hydrogens is 320 g/mol. The summed E-state index contributed by atoms with van der Waals surface area (Å²) in [6, 6.07) is 5.22. The predicted molar refractivity (Wildman–Crippen MR) is 74.5 cm³/mol. The third-order valence-corrected chi connectivity index (χ3v) is 5.41. The number of nitrogens with one attached hydrogen (secondary N) is 1. The molecule has 0 atom stereocenters. The molecule has 0 unspecified atom stereocenters. The van der Waals surface area contributed by atoms with Gasteiger partial charge in [0.2, 0.25) is 15.9 Å². The lowest BCUT2D eigenvalue weighted by molar-refractivity contribution is -0.116. The van der Waals surface area contributed by atoms with E-state index in [1.165, 1.54) is 6.92 Å². The van der Waals surface area contributed by atoms with Crippen molar-refractivity contribution in [2.75, 3.05) is 20.8 Å². The van der Waals surface area contributed by atoms with Gasteiger partial charge in [-0.1, -0.05) is 15.9 Å². The van der Waals surface area contributed by atoms with E-state index in [1.807, 2.05) is 0 Å². The third kappa shape index (κ3) is 2.67. The van der Waals surface area contributed by atoms with Crippen LogP contribution in [0.25, 0.3) is 0 Å². The van der Waals surface area contributed by atoms with Gasteiger partial charge in [-0.05, 0) is 30.2 Å². The lowest BCUT2D eigenvalue weighted by atomic mass is 10.1. The smallest absolute Gasteiger partial charge is 0.242 e. The minimum Gasteiger partial charge on any atom is -0.312 e. The maximum Gasteiger partial charge on any atom is 0.242 e. The molecular formula is C11H13BrN2O3S. The molecule has 1 aliphatic rings.